The fourth-order valence-corrected chi connectivity index (χ4v) is 4.36. The van der Waals surface area contributed by atoms with Gasteiger partial charge in [-0.05, 0) is 36.8 Å². The number of hydrogen-bond acceptors (Lipinski definition) is 5. The van der Waals surface area contributed by atoms with E-state index in [0.29, 0.717) is 0 Å². The zero-order valence-electron chi connectivity index (χ0n) is 18.6. The van der Waals surface area contributed by atoms with Crippen molar-refractivity contribution >= 4 is 5.91 Å². The van der Waals surface area contributed by atoms with Crippen molar-refractivity contribution < 1.29 is 14.3 Å². The Labute approximate surface area is 185 Å². The maximum Gasteiger partial charge on any atom is 0.253 e. The van der Waals surface area contributed by atoms with E-state index in [2.05, 4.69) is 21.9 Å². The van der Waals surface area contributed by atoms with E-state index in [0.717, 1.165) is 70.3 Å². The summed E-state index contributed by atoms with van der Waals surface area (Å²) >= 11 is 0. The molecule has 31 heavy (non-hydrogen) atoms. The zero-order chi connectivity index (χ0) is 21.6. The summed E-state index contributed by atoms with van der Waals surface area (Å²) in [5, 5.41) is 0. The molecule has 2 aromatic carbocycles. The molecule has 6 nitrogen and oxygen atoms in total. The predicted molar refractivity (Wildman–Crippen MR) is 122 cm³/mol. The van der Waals surface area contributed by atoms with Crippen molar-refractivity contribution in [2.45, 2.75) is 19.6 Å². The highest BCUT2D eigenvalue weighted by Crippen LogP contribution is 2.17. The summed E-state index contributed by atoms with van der Waals surface area (Å²) in [6.07, 6.45) is 0.207. The number of hydrogen-bond donors (Lipinski definition) is 0. The van der Waals surface area contributed by atoms with Crippen LogP contribution in [0.2, 0.25) is 0 Å². The van der Waals surface area contributed by atoms with E-state index in [1.54, 1.807) is 7.11 Å². The van der Waals surface area contributed by atoms with Gasteiger partial charge in [0.15, 0.2) is 0 Å². The van der Waals surface area contributed by atoms with Gasteiger partial charge in [-0.15, -0.1) is 0 Å². The zero-order valence-corrected chi connectivity index (χ0v) is 18.6. The Morgan fingerprint density at radius 3 is 2.55 bits per heavy atom. The summed E-state index contributed by atoms with van der Waals surface area (Å²) in [5.41, 5.74) is 3.22. The normalized spacial score (nSPS) is 20.6. The molecule has 6 heteroatoms. The van der Waals surface area contributed by atoms with Gasteiger partial charge in [-0.1, -0.05) is 29.8 Å². The molecule has 2 heterocycles. The SMILES string of the molecule is COc1cccc(CN2CCO[C@H](CN3CCN(C(=O)c4ccc(C)cc4)CC3)C2)c1. The highest BCUT2D eigenvalue weighted by molar-refractivity contribution is 5.94. The predicted octanol–water partition coefficient (Wildman–Crippen LogP) is 2.66. The second-order valence-electron chi connectivity index (χ2n) is 8.54. The highest BCUT2D eigenvalue weighted by Gasteiger charge is 2.27. The molecule has 0 aliphatic carbocycles. The third-order valence-electron chi connectivity index (χ3n) is 6.18. The Balaban J connectivity index is 1.24. The Morgan fingerprint density at radius 2 is 1.81 bits per heavy atom. The average molecular weight is 424 g/mol. The van der Waals surface area contributed by atoms with Crippen LogP contribution in [-0.4, -0.2) is 86.2 Å². The molecule has 0 aromatic heterocycles. The first-order valence-electron chi connectivity index (χ1n) is 11.2. The van der Waals surface area contributed by atoms with Crippen molar-refractivity contribution in [2.75, 3.05) is 59.5 Å². The van der Waals surface area contributed by atoms with E-state index in [1.165, 1.54) is 11.1 Å². The molecule has 166 valence electrons. The number of nitrogens with zero attached hydrogens (tertiary/aromatic N) is 3. The molecule has 2 fully saturated rings. The monoisotopic (exact) mass is 423 g/mol. The van der Waals surface area contributed by atoms with Crippen LogP contribution in [0.5, 0.6) is 5.75 Å². The number of carbonyl (C=O) groups excluding carboxylic acids is 1. The lowest BCUT2D eigenvalue weighted by Gasteiger charge is -2.39. The average Bonchev–Trinajstić information content (AvgIpc) is 2.80. The van der Waals surface area contributed by atoms with Crippen LogP contribution in [0.4, 0.5) is 0 Å². The van der Waals surface area contributed by atoms with Crippen molar-refractivity contribution in [1.29, 1.82) is 0 Å². The van der Waals surface area contributed by atoms with Gasteiger partial charge >= 0.3 is 0 Å². The minimum atomic E-state index is 0.137. The molecule has 2 saturated heterocycles. The number of piperazine rings is 1. The van der Waals surface area contributed by atoms with Gasteiger partial charge in [0.1, 0.15) is 5.75 Å². The minimum absolute atomic E-state index is 0.137. The second kappa shape index (κ2) is 10.3. The molecule has 0 N–H and O–H groups in total. The number of ether oxygens (including phenoxy) is 2. The van der Waals surface area contributed by atoms with Gasteiger partial charge in [0, 0.05) is 57.9 Å². The van der Waals surface area contributed by atoms with Crippen LogP contribution < -0.4 is 4.74 Å². The summed E-state index contributed by atoms with van der Waals surface area (Å²) in [5.74, 6) is 1.04. The van der Waals surface area contributed by atoms with Crippen molar-refractivity contribution in [3.8, 4) is 5.75 Å². The number of carbonyl (C=O) groups is 1. The van der Waals surface area contributed by atoms with E-state index in [4.69, 9.17) is 9.47 Å². The standard InChI is InChI=1S/C25H33N3O3/c1-20-6-8-22(9-7-20)25(29)28-12-10-26(11-13-28)18-24-19-27(14-15-31-24)17-21-4-3-5-23(16-21)30-2/h3-9,16,24H,10-15,17-19H2,1-2H3/t24-/m1/s1. The summed E-state index contributed by atoms with van der Waals surface area (Å²) in [6, 6.07) is 16.1. The van der Waals surface area contributed by atoms with Crippen LogP contribution in [0.1, 0.15) is 21.5 Å². The van der Waals surface area contributed by atoms with Crippen molar-refractivity contribution in [3.63, 3.8) is 0 Å². The largest absolute Gasteiger partial charge is 0.497 e. The topological polar surface area (TPSA) is 45.3 Å². The molecule has 0 spiro atoms. The lowest BCUT2D eigenvalue weighted by Crippen LogP contribution is -2.53. The van der Waals surface area contributed by atoms with Crippen LogP contribution in [0.3, 0.4) is 0 Å². The van der Waals surface area contributed by atoms with Crippen LogP contribution in [0, 0.1) is 6.92 Å². The van der Waals surface area contributed by atoms with E-state index in [-0.39, 0.29) is 12.0 Å². The van der Waals surface area contributed by atoms with Gasteiger partial charge in [0.25, 0.3) is 5.91 Å². The number of methoxy groups -OCH3 is 1. The molecule has 0 saturated carbocycles. The first-order chi connectivity index (χ1) is 15.1. The maximum atomic E-state index is 12.7. The summed E-state index contributed by atoms with van der Waals surface area (Å²) in [7, 11) is 1.71. The van der Waals surface area contributed by atoms with Gasteiger partial charge in [-0.2, -0.15) is 0 Å². The van der Waals surface area contributed by atoms with Crippen LogP contribution in [-0.2, 0) is 11.3 Å². The van der Waals surface area contributed by atoms with Gasteiger partial charge in [0.05, 0.1) is 19.8 Å². The Kier molecular flexibility index (Phi) is 7.22. The molecule has 4 rings (SSSR count). The first-order valence-corrected chi connectivity index (χ1v) is 11.2. The van der Waals surface area contributed by atoms with Crippen molar-refractivity contribution in [2.24, 2.45) is 0 Å². The molecule has 0 bridgehead atoms. The van der Waals surface area contributed by atoms with Gasteiger partial charge in [0.2, 0.25) is 0 Å². The second-order valence-corrected chi connectivity index (χ2v) is 8.54. The fourth-order valence-electron chi connectivity index (χ4n) is 4.36. The molecular formula is C25H33N3O3. The molecule has 1 atom stereocenters. The maximum absolute atomic E-state index is 12.7. The Hall–Kier alpha value is -2.41. The molecule has 1 amide bonds. The number of rotatable bonds is 6. The number of aryl methyl sites for hydroxylation is 1. The van der Waals surface area contributed by atoms with E-state index >= 15 is 0 Å². The smallest absolute Gasteiger partial charge is 0.253 e. The third kappa shape index (κ3) is 5.85. The molecule has 2 aliphatic rings. The lowest BCUT2D eigenvalue weighted by atomic mass is 10.1. The lowest BCUT2D eigenvalue weighted by molar-refractivity contribution is -0.0497. The number of morpholine rings is 1. The van der Waals surface area contributed by atoms with Gasteiger partial charge in [-0.3, -0.25) is 14.6 Å². The third-order valence-corrected chi connectivity index (χ3v) is 6.18. The molecule has 0 unspecified atom stereocenters. The van der Waals surface area contributed by atoms with Gasteiger partial charge < -0.3 is 14.4 Å². The summed E-state index contributed by atoms with van der Waals surface area (Å²) < 4.78 is 11.4. The van der Waals surface area contributed by atoms with Crippen molar-refractivity contribution in [1.82, 2.24) is 14.7 Å². The van der Waals surface area contributed by atoms with Crippen LogP contribution >= 0.6 is 0 Å². The highest BCUT2D eigenvalue weighted by atomic mass is 16.5. The van der Waals surface area contributed by atoms with Gasteiger partial charge in [-0.25, -0.2) is 0 Å². The number of amides is 1. The van der Waals surface area contributed by atoms with Crippen LogP contribution in [0.25, 0.3) is 0 Å². The van der Waals surface area contributed by atoms with E-state index in [9.17, 15) is 4.79 Å². The Bertz CT molecular complexity index is 863. The fraction of sp³-hybridized carbons (Fsp3) is 0.480. The summed E-state index contributed by atoms with van der Waals surface area (Å²) in [4.78, 5) is 19.6. The van der Waals surface area contributed by atoms with E-state index < -0.39 is 0 Å². The van der Waals surface area contributed by atoms with E-state index in [1.807, 2.05) is 48.2 Å². The molecular weight excluding hydrogens is 390 g/mol. The quantitative estimate of drug-likeness (QED) is 0.715. The van der Waals surface area contributed by atoms with Crippen molar-refractivity contribution in [3.05, 3.63) is 65.2 Å². The Morgan fingerprint density at radius 1 is 1.03 bits per heavy atom. The summed E-state index contributed by atoms with van der Waals surface area (Å²) in [6.45, 7) is 9.85. The first kappa shape index (κ1) is 21.8. The van der Waals surface area contributed by atoms with Crippen LogP contribution in [0.15, 0.2) is 48.5 Å². The molecule has 0 radical (unpaired) electrons. The molecule has 2 aliphatic heterocycles. The number of benzene rings is 2. The molecule has 2 aromatic rings. The minimum Gasteiger partial charge on any atom is -0.497 e.